The molecule has 3 heteroatoms. The van der Waals surface area contributed by atoms with Crippen molar-refractivity contribution in [1.82, 2.24) is 0 Å². The summed E-state index contributed by atoms with van der Waals surface area (Å²) in [5.74, 6) is -0.225. The zero-order valence-electron chi connectivity index (χ0n) is 9.46. The van der Waals surface area contributed by atoms with Crippen molar-refractivity contribution in [3.63, 3.8) is 0 Å². The van der Waals surface area contributed by atoms with E-state index < -0.39 is 0 Å². The highest BCUT2D eigenvalue weighted by Crippen LogP contribution is 2.15. The summed E-state index contributed by atoms with van der Waals surface area (Å²) in [6.45, 7) is 6.50. The molecule has 15 heavy (non-hydrogen) atoms. The fourth-order valence-electron chi connectivity index (χ4n) is 1.39. The maximum absolute atomic E-state index is 11.1. The Morgan fingerprint density at radius 2 is 2.13 bits per heavy atom. The molecule has 1 aromatic carbocycles. The van der Waals surface area contributed by atoms with Gasteiger partial charge in [0.1, 0.15) is 6.54 Å². The van der Waals surface area contributed by atoms with Gasteiger partial charge in [-0.25, -0.2) is 0 Å². The van der Waals surface area contributed by atoms with Crippen molar-refractivity contribution in [1.29, 1.82) is 0 Å². The van der Waals surface area contributed by atoms with Crippen molar-refractivity contribution >= 4 is 11.7 Å². The fourth-order valence-corrected chi connectivity index (χ4v) is 1.39. The standard InChI is InChI=1S/C12H17NO2/c1-4-15-12(14)8-13-11-6-5-9(2)7-10(11)3/h5-7,13H,4,8H2,1-3H3. The van der Waals surface area contributed by atoms with Crippen LogP contribution < -0.4 is 5.32 Å². The Bertz CT molecular complexity index is 347. The summed E-state index contributed by atoms with van der Waals surface area (Å²) in [6, 6.07) is 6.07. The summed E-state index contributed by atoms with van der Waals surface area (Å²) >= 11 is 0. The first kappa shape index (κ1) is 11.6. The van der Waals surface area contributed by atoms with Crippen LogP contribution in [0.2, 0.25) is 0 Å². The van der Waals surface area contributed by atoms with E-state index in [0.29, 0.717) is 6.61 Å². The smallest absolute Gasteiger partial charge is 0.325 e. The van der Waals surface area contributed by atoms with Gasteiger partial charge in [-0.3, -0.25) is 4.79 Å². The molecule has 0 saturated heterocycles. The van der Waals surface area contributed by atoms with Crippen LogP contribution in [0.25, 0.3) is 0 Å². The molecule has 0 unspecified atom stereocenters. The molecular weight excluding hydrogens is 190 g/mol. The molecular formula is C12H17NO2. The van der Waals surface area contributed by atoms with Gasteiger partial charge in [0.15, 0.2) is 0 Å². The third-order valence-corrected chi connectivity index (χ3v) is 2.11. The van der Waals surface area contributed by atoms with E-state index in [9.17, 15) is 4.79 Å². The highest BCUT2D eigenvalue weighted by atomic mass is 16.5. The van der Waals surface area contributed by atoms with E-state index in [-0.39, 0.29) is 12.5 Å². The number of nitrogens with one attached hydrogen (secondary N) is 1. The summed E-state index contributed by atoms with van der Waals surface area (Å²) in [5, 5.41) is 3.05. The second-order valence-corrected chi connectivity index (χ2v) is 3.48. The number of carbonyl (C=O) groups excluding carboxylic acids is 1. The first-order valence-corrected chi connectivity index (χ1v) is 5.10. The monoisotopic (exact) mass is 207 g/mol. The zero-order valence-corrected chi connectivity index (χ0v) is 9.46. The molecule has 0 atom stereocenters. The SMILES string of the molecule is CCOC(=O)CNc1ccc(C)cc1C. The Kier molecular flexibility index (Phi) is 4.16. The summed E-state index contributed by atoms with van der Waals surface area (Å²) in [7, 11) is 0. The Morgan fingerprint density at radius 3 is 2.73 bits per heavy atom. The van der Waals surface area contributed by atoms with Crippen molar-refractivity contribution in [2.45, 2.75) is 20.8 Å². The molecule has 0 radical (unpaired) electrons. The molecule has 0 spiro atoms. The van der Waals surface area contributed by atoms with E-state index in [2.05, 4.69) is 11.4 Å². The van der Waals surface area contributed by atoms with Crippen molar-refractivity contribution in [2.75, 3.05) is 18.5 Å². The van der Waals surface area contributed by atoms with Crippen LogP contribution in [0.1, 0.15) is 18.1 Å². The van der Waals surface area contributed by atoms with Crippen LogP contribution in [-0.2, 0) is 9.53 Å². The molecule has 0 aromatic heterocycles. The van der Waals surface area contributed by atoms with Crippen LogP contribution >= 0.6 is 0 Å². The molecule has 0 aliphatic carbocycles. The van der Waals surface area contributed by atoms with Gasteiger partial charge in [-0.05, 0) is 32.4 Å². The number of anilines is 1. The van der Waals surface area contributed by atoms with Gasteiger partial charge in [0.05, 0.1) is 6.61 Å². The van der Waals surface area contributed by atoms with E-state index in [1.54, 1.807) is 6.92 Å². The molecule has 0 aliphatic heterocycles. The molecule has 0 aliphatic rings. The Balaban J connectivity index is 2.54. The van der Waals surface area contributed by atoms with E-state index >= 15 is 0 Å². The van der Waals surface area contributed by atoms with Crippen LogP contribution in [0.3, 0.4) is 0 Å². The quantitative estimate of drug-likeness (QED) is 0.770. The molecule has 3 nitrogen and oxygen atoms in total. The summed E-state index contributed by atoms with van der Waals surface area (Å²) in [6.07, 6.45) is 0. The molecule has 82 valence electrons. The molecule has 0 saturated carbocycles. The van der Waals surface area contributed by atoms with Crippen LogP contribution in [0.5, 0.6) is 0 Å². The van der Waals surface area contributed by atoms with E-state index in [1.807, 2.05) is 26.0 Å². The molecule has 1 rings (SSSR count). The van der Waals surface area contributed by atoms with Crippen molar-refractivity contribution in [2.24, 2.45) is 0 Å². The lowest BCUT2D eigenvalue weighted by Crippen LogP contribution is -2.17. The maximum Gasteiger partial charge on any atom is 0.325 e. The van der Waals surface area contributed by atoms with Gasteiger partial charge in [-0.1, -0.05) is 17.7 Å². The van der Waals surface area contributed by atoms with Gasteiger partial charge in [0.2, 0.25) is 0 Å². The van der Waals surface area contributed by atoms with Crippen molar-refractivity contribution in [3.8, 4) is 0 Å². The van der Waals surface area contributed by atoms with Gasteiger partial charge in [0, 0.05) is 5.69 Å². The lowest BCUT2D eigenvalue weighted by atomic mass is 10.1. The summed E-state index contributed by atoms with van der Waals surface area (Å²) in [4.78, 5) is 11.1. The Labute approximate surface area is 90.4 Å². The van der Waals surface area contributed by atoms with Crippen molar-refractivity contribution in [3.05, 3.63) is 29.3 Å². The Morgan fingerprint density at radius 1 is 1.40 bits per heavy atom. The number of ether oxygens (including phenoxy) is 1. The summed E-state index contributed by atoms with van der Waals surface area (Å²) in [5.41, 5.74) is 3.34. The Hall–Kier alpha value is -1.51. The van der Waals surface area contributed by atoms with E-state index in [1.165, 1.54) is 5.56 Å². The van der Waals surface area contributed by atoms with Crippen LogP contribution in [-0.4, -0.2) is 19.1 Å². The van der Waals surface area contributed by atoms with E-state index in [4.69, 9.17) is 4.74 Å². The number of hydrogen-bond donors (Lipinski definition) is 1. The second-order valence-electron chi connectivity index (χ2n) is 3.48. The number of esters is 1. The molecule has 0 amide bonds. The molecule has 1 aromatic rings. The number of rotatable bonds is 4. The fraction of sp³-hybridized carbons (Fsp3) is 0.417. The van der Waals surface area contributed by atoms with Crippen molar-refractivity contribution < 1.29 is 9.53 Å². The lowest BCUT2D eigenvalue weighted by Gasteiger charge is -2.09. The van der Waals surface area contributed by atoms with Crippen LogP contribution in [0.15, 0.2) is 18.2 Å². The van der Waals surface area contributed by atoms with Gasteiger partial charge in [-0.15, -0.1) is 0 Å². The van der Waals surface area contributed by atoms with Crippen LogP contribution in [0, 0.1) is 13.8 Å². The van der Waals surface area contributed by atoms with E-state index in [0.717, 1.165) is 11.3 Å². The zero-order chi connectivity index (χ0) is 11.3. The third-order valence-electron chi connectivity index (χ3n) is 2.11. The minimum Gasteiger partial charge on any atom is -0.465 e. The normalized spacial score (nSPS) is 9.80. The second kappa shape index (κ2) is 5.39. The topological polar surface area (TPSA) is 38.3 Å². The third kappa shape index (κ3) is 3.62. The molecule has 1 N–H and O–H groups in total. The average Bonchev–Trinajstić information content (AvgIpc) is 2.17. The predicted molar refractivity (Wildman–Crippen MR) is 61.0 cm³/mol. The number of aryl methyl sites for hydroxylation is 2. The highest BCUT2D eigenvalue weighted by Gasteiger charge is 2.02. The van der Waals surface area contributed by atoms with Gasteiger partial charge < -0.3 is 10.1 Å². The highest BCUT2D eigenvalue weighted by molar-refractivity contribution is 5.75. The maximum atomic E-state index is 11.1. The minimum atomic E-state index is -0.225. The first-order chi connectivity index (χ1) is 7.13. The number of hydrogen-bond acceptors (Lipinski definition) is 3. The first-order valence-electron chi connectivity index (χ1n) is 5.10. The largest absolute Gasteiger partial charge is 0.465 e. The minimum absolute atomic E-state index is 0.220. The number of benzene rings is 1. The van der Waals surface area contributed by atoms with Gasteiger partial charge >= 0.3 is 5.97 Å². The molecule has 0 heterocycles. The summed E-state index contributed by atoms with van der Waals surface area (Å²) < 4.78 is 4.83. The molecule has 0 fully saturated rings. The van der Waals surface area contributed by atoms with Gasteiger partial charge in [0.25, 0.3) is 0 Å². The van der Waals surface area contributed by atoms with Crippen LogP contribution in [0.4, 0.5) is 5.69 Å². The molecule has 0 bridgehead atoms. The van der Waals surface area contributed by atoms with Gasteiger partial charge in [-0.2, -0.15) is 0 Å². The predicted octanol–water partition coefficient (Wildman–Crippen LogP) is 2.28. The average molecular weight is 207 g/mol. The number of carbonyl (C=O) groups is 1. The lowest BCUT2D eigenvalue weighted by molar-refractivity contribution is -0.140.